The van der Waals surface area contributed by atoms with Gasteiger partial charge < -0.3 is 16.6 Å². The number of rotatable bonds is 4. The van der Waals surface area contributed by atoms with Gasteiger partial charge in [0, 0.05) is 6.42 Å². The number of hydrogen-bond donors (Lipinski definition) is 3. The SMILES string of the molecule is C=CC(=O)C(N)(N)CC.CCC(=O)O. The summed E-state index contributed by atoms with van der Waals surface area (Å²) in [5.74, 6) is -1.06. The molecule has 0 amide bonds. The van der Waals surface area contributed by atoms with E-state index in [1.165, 1.54) is 0 Å². The molecule has 0 atom stereocenters. The maximum absolute atomic E-state index is 10.7. The third-order valence-electron chi connectivity index (χ3n) is 1.53. The smallest absolute Gasteiger partial charge is 0.303 e. The van der Waals surface area contributed by atoms with Crippen LogP contribution >= 0.6 is 0 Å². The number of hydrogen-bond acceptors (Lipinski definition) is 4. The van der Waals surface area contributed by atoms with Crippen LogP contribution in [0, 0.1) is 0 Å². The minimum atomic E-state index is -1.21. The Morgan fingerprint density at radius 3 is 1.86 bits per heavy atom. The Balaban J connectivity index is 0. The van der Waals surface area contributed by atoms with Gasteiger partial charge in [0.25, 0.3) is 0 Å². The van der Waals surface area contributed by atoms with E-state index in [2.05, 4.69) is 6.58 Å². The van der Waals surface area contributed by atoms with Crippen LogP contribution in [-0.2, 0) is 9.59 Å². The van der Waals surface area contributed by atoms with E-state index < -0.39 is 11.6 Å². The first-order chi connectivity index (χ1) is 6.31. The Bertz CT molecular complexity index is 212. The van der Waals surface area contributed by atoms with Crippen molar-refractivity contribution in [3.05, 3.63) is 12.7 Å². The minimum Gasteiger partial charge on any atom is -0.481 e. The highest BCUT2D eigenvalue weighted by Crippen LogP contribution is 1.98. The largest absolute Gasteiger partial charge is 0.481 e. The van der Waals surface area contributed by atoms with Gasteiger partial charge in [-0.1, -0.05) is 20.4 Å². The summed E-state index contributed by atoms with van der Waals surface area (Å²) in [6.45, 7) is 6.62. The number of aliphatic carboxylic acids is 1. The summed E-state index contributed by atoms with van der Waals surface area (Å²) in [6.07, 6.45) is 1.79. The summed E-state index contributed by atoms with van der Waals surface area (Å²) in [7, 11) is 0. The van der Waals surface area contributed by atoms with Gasteiger partial charge in [-0.15, -0.1) is 0 Å². The van der Waals surface area contributed by atoms with Gasteiger partial charge in [-0.25, -0.2) is 0 Å². The van der Waals surface area contributed by atoms with Gasteiger partial charge in [-0.3, -0.25) is 9.59 Å². The molecular formula is C9H18N2O3. The van der Waals surface area contributed by atoms with Gasteiger partial charge in [0.05, 0.1) is 0 Å². The van der Waals surface area contributed by atoms with Crippen molar-refractivity contribution in [3.63, 3.8) is 0 Å². The van der Waals surface area contributed by atoms with E-state index in [0.29, 0.717) is 6.42 Å². The number of ketones is 1. The minimum absolute atomic E-state index is 0.222. The molecule has 5 nitrogen and oxygen atoms in total. The zero-order chi connectivity index (χ0) is 11.8. The molecule has 5 N–H and O–H groups in total. The fraction of sp³-hybridized carbons (Fsp3) is 0.556. The van der Waals surface area contributed by atoms with Gasteiger partial charge in [0.2, 0.25) is 0 Å². The molecule has 0 unspecified atom stereocenters. The lowest BCUT2D eigenvalue weighted by molar-refractivity contribution is -0.136. The monoisotopic (exact) mass is 202 g/mol. The molecule has 0 aromatic heterocycles. The fourth-order valence-electron chi connectivity index (χ4n) is 0.364. The predicted octanol–water partition coefficient (Wildman–Crippen LogP) is 0.246. The molecule has 0 aliphatic rings. The maximum Gasteiger partial charge on any atom is 0.303 e. The highest BCUT2D eigenvalue weighted by Gasteiger charge is 2.22. The summed E-state index contributed by atoms with van der Waals surface area (Å²) >= 11 is 0. The molecule has 0 aliphatic carbocycles. The molecule has 5 heteroatoms. The zero-order valence-electron chi connectivity index (χ0n) is 8.62. The van der Waals surface area contributed by atoms with Crippen molar-refractivity contribution >= 4 is 11.8 Å². The van der Waals surface area contributed by atoms with Crippen LogP contribution in [0.4, 0.5) is 0 Å². The summed E-state index contributed by atoms with van der Waals surface area (Å²) in [5.41, 5.74) is 9.45. The van der Waals surface area contributed by atoms with E-state index in [9.17, 15) is 9.59 Å². The van der Waals surface area contributed by atoms with E-state index in [-0.39, 0.29) is 12.2 Å². The van der Waals surface area contributed by atoms with Crippen molar-refractivity contribution in [1.82, 2.24) is 0 Å². The molecule has 0 bridgehead atoms. The van der Waals surface area contributed by atoms with E-state index in [1.807, 2.05) is 0 Å². The average Bonchev–Trinajstić information content (AvgIpc) is 2.17. The molecular weight excluding hydrogens is 184 g/mol. The molecule has 0 saturated heterocycles. The van der Waals surface area contributed by atoms with Crippen LogP contribution < -0.4 is 11.5 Å². The van der Waals surface area contributed by atoms with E-state index in [0.717, 1.165) is 6.08 Å². The molecule has 0 rings (SSSR count). The van der Waals surface area contributed by atoms with Gasteiger partial charge in [-0.2, -0.15) is 0 Å². The lowest BCUT2D eigenvalue weighted by atomic mass is 10.0. The second kappa shape index (κ2) is 7.23. The number of carbonyl (C=O) groups is 2. The van der Waals surface area contributed by atoms with Crippen molar-refractivity contribution in [2.45, 2.75) is 32.4 Å². The highest BCUT2D eigenvalue weighted by molar-refractivity contribution is 5.96. The van der Waals surface area contributed by atoms with Crippen molar-refractivity contribution in [3.8, 4) is 0 Å². The fourth-order valence-corrected chi connectivity index (χ4v) is 0.364. The molecule has 0 aromatic carbocycles. The molecule has 0 heterocycles. The Morgan fingerprint density at radius 1 is 1.43 bits per heavy atom. The third-order valence-corrected chi connectivity index (χ3v) is 1.53. The number of nitrogens with two attached hydrogens (primary N) is 2. The molecule has 82 valence electrons. The lowest BCUT2D eigenvalue weighted by Gasteiger charge is -2.17. The van der Waals surface area contributed by atoms with Crippen LogP contribution in [0.1, 0.15) is 26.7 Å². The first-order valence-corrected chi connectivity index (χ1v) is 4.28. The van der Waals surface area contributed by atoms with Crippen LogP contribution in [0.2, 0.25) is 0 Å². The summed E-state index contributed by atoms with van der Waals surface area (Å²) < 4.78 is 0. The quantitative estimate of drug-likeness (QED) is 0.447. The average molecular weight is 202 g/mol. The molecule has 0 aliphatic heterocycles. The van der Waals surface area contributed by atoms with E-state index in [1.54, 1.807) is 13.8 Å². The summed E-state index contributed by atoms with van der Waals surface area (Å²) in [4.78, 5) is 20.1. The number of carboxylic acids is 1. The van der Waals surface area contributed by atoms with Crippen LogP contribution in [0.25, 0.3) is 0 Å². The molecule has 0 spiro atoms. The highest BCUT2D eigenvalue weighted by atomic mass is 16.4. The Labute approximate surface area is 83.8 Å². The first-order valence-electron chi connectivity index (χ1n) is 4.28. The topological polar surface area (TPSA) is 106 Å². The van der Waals surface area contributed by atoms with Gasteiger partial charge in [0.1, 0.15) is 5.66 Å². The molecule has 14 heavy (non-hydrogen) atoms. The van der Waals surface area contributed by atoms with Crippen molar-refractivity contribution in [1.29, 1.82) is 0 Å². The second-order valence-corrected chi connectivity index (χ2v) is 2.71. The van der Waals surface area contributed by atoms with Crippen LogP contribution in [0.15, 0.2) is 12.7 Å². The lowest BCUT2D eigenvalue weighted by Crippen LogP contribution is -2.55. The molecule has 0 saturated carbocycles. The third kappa shape index (κ3) is 7.45. The van der Waals surface area contributed by atoms with Crippen molar-refractivity contribution < 1.29 is 14.7 Å². The predicted molar refractivity (Wildman–Crippen MR) is 54.5 cm³/mol. The number of carboxylic acid groups (broad SMARTS) is 1. The van der Waals surface area contributed by atoms with Crippen LogP contribution in [0.5, 0.6) is 0 Å². The standard InChI is InChI=1S/C6H12N2O.C3H6O2/c1-3-5(9)6(7,8)4-2;1-2-3(4)5/h3H,1,4,7-8H2,2H3;2H2,1H3,(H,4,5). The summed E-state index contributed by atoms with van der Waals surface area (Å²) in [6, 6.07) is 0. The van der Waals surface area contributed by atoms with Crippen molar-refractivity contribution in [2.24, 2.45) is 11.5 Å². The molecule has 0 aromatic rings. The normalized spacial score (nSPS) is 9.71. The van der Waals surface area contributed by atoms with E-state index in [4.69, 9.17) is 16.6 Å². The van der Waals surface area contributed by atoms with Crippen molar-refractivity contribution in [2.75, 3.05) is 0 Å². The van der Waals surface area contributed by atoms with Gasteiger partial charge in [0.15, 0.2) is 5.78 Å². The van der Waals surface area contributed by atoms with Crippen LogP contribution in [-0.4, -0.2) is 22.5 Å². The Hall–Kier alpha value is -1.20. The van der Waals surface area contributed by atoms with Gasteiger partial charge >= 0.3 is 5.97 Å². The Kier molecular flexibility index (Phi) is 7.89. The van der Waals surface area contributed by atoms with E-state index >= 15 is 0 Å². The molecule has 0 fully saturated rings. The summed E-state index contributed by atoms with van der Waals surface area (Å²) in [5, 5.41) is 7.72. The number of carbonyl (C=O) groups excluding carboxylic acids is 1. The second-order valence-electron chi connectivity index (χ2n) is 2.71. The zero-order valence-corrected chi connectivity index (χ0v) is 8.62. The maximum atomic E-state index is 10.7. The first kappa shape index (κ1) is 15.3. The van der Waals surface area contributed by atoms with Crippen LogP contribution in [0.3, 0.4) is 0 Å². The molecule has 0 radical (unpaired) electrons. The Morgan fingerprint density at radius 2 is 1.79 bits per heavy atom. The van der Waals surface area contributed by atoms with Gasteiger partial charge in [-0.05, 0) is 12.5 Å².